The summed E-state index contributed by atoms with van der Waals surface area (Å²) in [6.45, 7) is 3.07. The number of hydrogen-bond acceptors (Lipinski definition) is 4. The smallest absolute Gasteiger partial charge is 0.212 e. The Balaban J connectivity index is 1.66. The van der Waals surface area contributed by atoms with Gasteiger partial charge in [0.25, 0.3) is 0 Å². The summed E-state index contributed by atoms with van der Waals surface area (Å²) in [4.78, 5) is 2.35. The molecule has 1 unspecified atom stereocenters. The SMILES string of the molecule is CSc1ccc(SC2CN(Cc3ccc(C)cc3)S(=O)(=O)C2)cc1. The summed E-state index contributed by atoms with van der Waals surface area (Å²) in [7, 11) is -3.17. The summed E-state index contributed by atoms with van der Waals surface area (Å²) in [5, 5.41) is 0.0839. The molecule has 0 saturated carbocycles. The van der Waals surface area contributed by atoms with Crippen LogP contribution in [0.15, 0.2) is 58.3 Å². The Morgan fingerprint density at radius 3 is 2.29 bits per heavy atom. The van der Waals surface area contributed by atoms with Crippen molar-refractivity contribution >= 4 is 33.5 Å². The van der Waals surface area contributed by atoms with E-state index < -0.39 is 10.0 Å². The van der Waals surface area contributed by atoms with Crippen molar-refractivity contribution in [3.8, 4) is 0 Å². The number of hydrogen-bond donors (Lipinski definition) is 0. The molecule has 1 saturated heterocycles. The van der Waals surface area contributed by atoms with Crippen LogP contribution in [0.3, 0.4) is 0 Å². The predicted molar refractivity (Wildman–Crippen MR) is 103 cm³/mol. The molecule has 1 fully saturated rings. The lowest BCUT2D eigenvalue weighted by Gasteiger charge is -2.15. The molecule has 1 aliphatic heterocycles. The fourth-order valence-corrected chi connectivity index (χ4v) is 6.47. The number of aryl methyl sites for hydroxylation is 1. The summed E-state index contributed by atoms with van der Waals surface area (Å²) in [5.41, 5.74) is 2.23. The highest BCUT2D eigenvalue weighted by Crippen LogP contribution is 2.32. The molecular formula is C18H21NO2S3. The summed E-state index contributed by atoms with van der Waals surface area (Å²) in [5.74, 6) is 0.216. The Bertz CT molecular complexity index is 786. The van der Waals surface area contributed by atoms with Crippen LogP contribution in [0.4, 0.5) is 0 Å². The summed E-state index contributed by atoms with van der Waals surface area (Å²) >= 11 is 3.37. The number of thioether (sulfide) groups is 2. The van der Waals surface area contributed by atoms with Crippen LogP contribution in [0.2, 0.25) is 0 Å². The normalized spacial score (nSPS) is 20.3. The average Bonchev–Trinajstić information content (AvgIpc) is 2.84. The molecule has 128 valence electrons. The highest BCUT2D eigenvalue weighted by atomic mass is 32.2. The molecule has 0 aromatic heterocycles. The van der Waals surface area contributed by atoms with Crippen LogP contribution in [0.5, 0.6) is 0 Å². The quantitative estimate of drug-likeness (QED) is 0.735. The molecule has 24 heavy (non-hydrogen) atoms. The molecule has 3 rings (SSSR count). The molecule has 2 aromatic carbocycles. The second kappa shape index (κ2) is 7.52. The van der Waals surface area contributed by atoms with Gasteiger partial charge < -0.3 is 0 Å². The molecule has 0 N–H and O–H groups in total. The zero-order chi connectivity index (χ0) is 17.2. The Labute approximate surface area is 152 Å². The molecule has 0 amide bonds. The van der Waals surface area contributed by atoms with E-state index in [0.717, 1.165) is 10.5 Å². The Morgan fingerprint density at radius 1 is 1.04 bits per heavy atom. The van der Waals surface area contributed by atoms with E-state index in [1.807, 2.05) is 31.2 Å². The van der Waals surface area contributed by atoms with Gasteiger partial charge in [-0.05, 0) is 43.0 Å². The van der Waals surface area contributed by atoms with E-state index in [-0.39, 0.29) is 11.0 Å². The van der Waals surface area contributed by atoms with E-state index >= 15 is 0 Å². The molecule has 1 atom stereocenters. The third-order valence-electron chi connectivity index (χ3n) is 4.04. The molecule has 2 aromatic rings. The van der Waals surface area contributed by atoms with Crippen LogP contribution in [0.1, 0.15) is 11.1 Å². The molecule has 0 radical (unpaired) electrons. The first-order valence-corrected chi connectivity index (χ1v) is 11.5. The fourth-order valence-electron chi connectivity index (χ4n) is 2.71. The van der Waals surface area contributed by atoms with E-state index in [0.29, 0.717) is 13.1 Å². The fraction of sp³-hybridized carbons (Fsp3) is 0.333. The van der Waals surface area contributed by atoms with Gasteiger partial charge in [-0.25, -0.2) is 8.42 Å². The second-order valence-electron chi connectivity index (χ2n) is 5.97. The van der Waals surface area contributed by atoms with Gasteiger partial charge in [-0.1, -0.05) is 29.8 Å². The maximum absolute atomic E-state index is 12.4. The molecule has 0 bridgehead atoms. The first-order valence-electron chi connectivity index (χ1n) is 7.80. The van der Waals surface area contributed by atoms with E-state index in [1.165, 1.54) is 10.5 Å². The maximum atomic E-state index is 12.4. The number of sulfonamides is 1. The van der Waals surface area contributed by atoms with Gasteiger partial charge in [0.2, 0.25) is 10.0 Å². The van der Waals surface area contributed by atoms with Gasteiger partial charge in [0, 0.05) is 28.1 Å². The van der Waals surface area contributed by atoms with E-state index in [1.54, 1.807) is 27.8 Å². The van der Waals surface area contributed by atoms with Crippen LogP contribution >= 0.6 is 23.5 Å². The molecule has 1 aliphatic rings. The van der Waals surface area contributed by atoms with Crippen molar-refractivity contribution < 1.29 is 8.42 Å². The number of benzene rings is 2. The number of rotatable bonds is 5. The lowest BCUT2D eigenvalue weighted by Crippen LogP contribution is -2.25. The second-order valence-corrected chi connectivity index (χ2v) is 10.2. The first-order chi connectivity index (χ1) is 11.5. The third-order valence-corrected chi connectivity index (χ3v) is 8.08. The standard InChI is InChI=1S/C18H21NO2S3/c1-14-3-5-15(6-4-14)11-19-12-18(13-24(19,20)21)23-17-9-7-16(22-2)8-10-17/h3-10,18H,11-13H2,1-2H3. The van der Waals surface area contributed by atoms with Crippen LogP contribution in [0, 0.1) is 6.92 Å². The van der Waals surface area contributed by atoms with Gasteiger partial charge in [-0.3, -0.25) is 0 Å². The van der Waals surface area contributed by atoms with Crippen molar-refractivity contribution in [2.75, 3.05) is 18.6 Å². The van der Waals surface area contributed by atoms with Gasteiger partial charge in [0.1, 0.15) is 0 Å². The molecule has 6 heteroatoms. The first kappa shape index (κ1) is 17.9. The largest absolute Gasteiger partial charge is 0.215 e. The van der Waals surface area contributed by atoms with Crippen molar-refractivity contribution in [1.29, 1.82) is 0 Å². The van der Waals surface area contributed by atoms with E-state index in [2.05, 4.69) is 30.5 Å². The maximum Gasteiger partial charge on any atom is 0.215 e. The zero-order valence-electron chi connectivity index (χ0n) is 13.8. The minimum atomic E-state index is -3.17. The van der Waals surface area contributed by atoms with E-state index in [9.17, 15) is 8.42 Å². The van der Waals surface area contributed by atoms with Crippen LogP contribution in [0.25, 0.3) is 0 Å². The lowest BCUT2D eigenvalue weighted by molar-refractivity contribution is 0.442. The van der Waals surface area contributed by atoms with Crippen LogP contribution in [-0.4, -0.2) is 36.5 Å². The number of nitrogens with zero attached hydrogens (tertiary/aromatic N) is 1. The highest BCUT2D eigenvalue weighted by molar-refractivity contribution is 8.01. The summed E-state index contributed by atoms with van der Waals surface area (Å²) in [6.07, 6.45) is 2.05. The molecular weight excluding hydrogens is 358 g/mol. The van der Waals surface area contributed by atoms with Crippen LogP contribution in [-0.2, 0) is 16.6 Å². The third kappa shape index (κ3) is 4.36. The van der Waals surface area contributed by atoms with Crippen molar-refractivity contribution in [2.24, 2.45) is 0 Å². The Hall–Kier alpha value is -0.950. The molecule has 0 spiro atoms. The van der Waals surface area contributed by atoms with Gasteiger partial charge >= 0.3 is 0 Å². The lowest BCUT2D eigenvalue weighted by atomic mass is 10.1. The Kier molecular flexibility index (Phi) is 5.59. The molecule has 0 aliphatic carbocycles. The van der Waals surface area contributed by atoms with Crippen molar-refractivity contribution in [1.82, 2.24) is 4.31 Å². The van der Waals surface area contributed by atoms with Crippen molar-refractivity contribution in [3.63, 3.8) is 0 Å². The molecule has 1 heterocycles. The monoisotopic (exact) mass is 379 g/mol. The summed E-state index contributed by atoms with van der Waals surface area (Å²) in [6, 6.07) is 16.4. The predicted octanol–water partition coefficient (Wildman–Crippen LogP) is 4.02. The highest BCUT2D eigenvalue weighted by Gasteiger charge is 2.36. The van der Waals surface area contributed by atoms with Gasteiger partial charge in [0.15, 0.2) is 0 Å². The minimum absolute atomic E-state index is 0.0839. The van der Waals surface area contributed by atoms with Gasteiger partial charge in [-0.2, -0.15) is 4.31 Å². The van der Waals surface area contributed by atoms with E-state index in [4.69, 9.17) is 0 Å². The average molecular weight is 380 g/mol. The van der Waals surface area contributed by atoms with Crippen molar-refractivity contribution in [3.05, 3.63) is 59.7 Å². The zero-order valence-corrected chi connectivity index (χ0v) is 16.3. The minimum Gasteiger partial charge on any atom is -0.212 e. The van der Waals surface area contributed by atoms with Gasteiger partial charge in [-0.15, -0.1) is 23.5 Å². The summed E-state index contributed by atoms with van der Waals surface area (Å²) < 4.78 is 26.5. The molecule has 3 nitrogen and oxygen atoms in total. The Morgan fingerprint density at radius 2 is 1.67 bits per heavy atom. The topological polar surface area (TPSA) is 37.4 Å². The van der Waals surface area contributed by atoms with Crippen molar-refractivity contribution in [2.45, 2.75) is 28.5 Å². The van der Waals surface area contributed by atoms with Gasteiger partial charge in [0.05, 0.1) is 5.75 Å². The van der Waals surface area contributed by atoms with Crippen LogP contribution < -0.4 is 0 Å².